The molecule has 0 aliphatic carbocycles. The minimum atomic E-state index is -0.108. The van der Waals surface area contributed by atoms with Gasteiger partial charge in [-0.05, 0) is 43.5 Å². The number of carbonyl (C=O) groups excluding carboxylic acids is 1. The minimum absolute atomic E-state index is 0.0555. The zero-order chi connectivity index (χ0) is 19.4. The van der Waals surface area contributed by atoms with Gasteiger partial charge in [0, 0.05) is 12.2 Å². The number of hydrogen-bond donors (Lipinski definition) is 1. The zero-order valence-electron chi connectivity index (χ0n) is 15.8. The van der Waals surface area contributed by atoms with Crippen LogP contribution in [-0.4, -0.2) is 21.2 Å². The molecule has 140 valence electrons. The second-order valence-corrected chi connectivity index (χ2v) is 7.41. The summed E-state index contributed by atoms with van der Waals surface area (Å²) in [6, 6.07) is 13.2. The second-order valence-electron chi connectivity index (χ2n) is 6.47. The van der Waals surface area contributed by atoms with E-state index >= 15 is 0 Å². The summed E-state index contributed by atoms with van der Waals surface area (Å²) in [6.45, 7) is 6.54. The number of thioether (sulfide) groups is 1. The molecule has 3 rings (SSSR count). The highest BCUT2D eigenvalue weighted by atomic mass is 32.2. The number of aromatic nitrogens is 2. The lowest BCUT2D eigenvalue weighted by molar-refractivity contribution is -0.113. The molecule has 0 fully saturated rings. The fourth-order valence-electron chi connectivity index (χ4n) is 3.00. The maximum Gasteiger partial charge on any atom is 0.262 e. The van der Waals surface area contributed by atoms with Crippen molar-refractivity contribution in [3.8, 4) is 0 Å². The van der Waals surface area contributed by atoms with E-state index in [0.29, 0.717) is 22.6 Å². The van der Waals surface area contributed by atoms with Crippen molar-refractivity contribution in [2.45, 2.75) is 38.9 Å². The Kier molecular flexibility index (Phi) is 5.96. The molecular formula is C21H23N3O2S. The van der Waals surface area contributed by atoms with E-state index in [4.69, 9.17) is 0 Å². The molecule has 1 aromatic heterocycles. The first-order valence-electron chi connectivity index (χ1n) is 8.99. The molecule has 0 spiro atoms. The van der Waals surface area contributed by atoms with Crippen molar-refractivity contribution in [3.05, 3.63) is 63.9 Å². The summed E-state index contributed by atoms with van der Waals surface area (Å²) in [5.41, 5.74) is 3.51. The van der Waals surface area contributed by atoms with Gasteiger partial charge in [0.05, 0.1) is 16.7 Å². The van der Waals surface area contributed by atoms with Gasteiger partial charge in [-0.2, -0.15) is 0 Å². The molecule has 2 aromatic carbocycles. The van der Waals surface area contributed by atoms with Gasteiger partial charge in [-0.25, -0.2) is 4.98 Å². The quantitative estimate of drug-likeness (QED) is 0.514. The molecular weight excluding hydrogens is 358 g/mol. The van der Waals surface area contributed by atoms with E-state index in [0.717, 1.165) is 23.2 Å². The van der Waals surface area contributed by atoms with Gasteiger partial charge in [0.25, 0.3) is 5.56 Å². The second kappa shape index (κ2) is 8.39. The number of fused-ring (bicyclic) bond motifs is 1. The van der Waals surface area contributed by atoms with Crippen LogP contribution in [0, 0.1) is 13.8 Å². The van der Waals surface area contributed by atoms with Crippen molar-refractivity contribution >= 4 is 34.3 Å². The summed E-state index contributed by atoms with van der Waals surface area (Å²) >= 11 is 1.29. The normalized spacial score (nSPS) is 10.9. The van der Waals surface area contributed by atoms with Crippen molar-refractivity contribution in [2.24, 2.45) is 0 Å². The number of benzene rings is 2. The number of nitrogens with zero attached hydrogens (tertiary/aromatic N) is 2. The first-order chi connectivity index (χ1) is 13.0. The molecule has 5 nitrogen and oxygen atoms in total. The first kappa shape index (κ1) is 19.2. The van der Waals surface area contributed by atoms with Gasteiger partial charge in [-0.15, -0.1) is 0 Å². The van der Waals surface area contributed by atoms with Crippen molar-refractivity contribution in [3.63, 3.8) is 0 Å². The molecule has 1 N–H and O–H groups in total. The molecule has 1 heterocycles. The number of rotatable bonds is 6. The van der Waals surface area contributed by atoms with Crippen LogP contribution >= 0.6 is 11.8 Å². The number of para-hydroxylation sites is 2. The van der Waals surface area contributed by atoms with Crippen LogP contribution in [0.25, 0.3) is 10.9 Å². The molecule has 3 aromatic rings. The number of amides is 1. The number of hydrogen-bond acceptors (Lipinski definition) is 4. The third-order valence-electron chi connectivity index (χ3n) is 4.35. The van der Waals surface area contributed by atoms with E-state index in [1.165, 1.54) is 11.8 Å². The Hall–Kier alpha value is -2.60. The fourth-order valence-corrected chi connectivity index (χ4v) is 3.82. The number of nitrogens with one attached hydrogen (secondary N) is 1. The molecule has 0 radical (unpaired) electrons. The van der Waals surface area contributed by atoms with Gasteiger partial charge in [0.2, 0.25) is 5.91 Å². The highest BCUT2D eigenvalue weighted by Crippen LogP contribution is 2.22. The van der Waals surface area contributed by atoms with Crippen LogP contribution in [0.3, 0.4) is 0 Å². The Morgan fingerprint density at radius 3 is 2.52 bits per heavy atom. The van der Waals surface area contributed by atoms with Crippen molar-refractivity contribution in [1.29, 1.82) is 0 Å². The topological polar surface area (TPSA) is 64.0 Å². The lowest BCUT2D eigenvalue weighted by atomic mass is 10.1. The highest BCUT2D eigenvalue weighted by molar-refractivity contribution is 7.99. The number of anilines is 1. The lowest BCUT2D eigenvalue weighted by Crippen LogP contribution is -2.24. The molecule has 6 heteroatoms. The summed E-state index contributed by atoms with van der Waals surface area (Å²) in [6.07, 6.45) is 0.822. The van der Waals surface area contributed by atoms with E-state index in [2.05, 4.69) is 10.3 Å². The van der Waals surface area contributed by atoms with Crippen molar-refractivity contribution < 1.29 is 4.79 Å². The van der Waals surface area contributed by atoms with Crippen LogP contribution in [0.1, 0.15) is 24.5 Å². The molecule has 0 atom stereocenters. The van der Waals surface area contributed by atoms with Gasteiger partial charge in [-0.3, -0.25) is 14.2 Å². The van der Waals surface area contributed by atoms with Crippen LogP contribution < -0.4 is 10.9 Å². The molecule has 0 bridgehead atoms. The predicted molar refractivity (Wildman–Crippen MR) is 112 cm³/mol. The molecule has 1 amide bonds. The Balaban J connectivity index is 1.83. The molecule has 27 heavy (non-hydrogen) atoms. The lowest BCUT2D eigenvalue weighted by Gasteiger charge is -2.13. The largest absolute Gasteiger partial charge is 0.325 e. The summed E-state index contributed by atoms with van der Waals surface area (Å²) in [7, 11) is 0. The molecule has 0 saturated heterocycles. The molecule has 0 aliphatic rings. The van der Waals surface area contributed by atoms with Crippen LogP contribution in [0.4, 0.5) is 5.69 Å². The van der Waals surface area contributed by atoms with Crippen LogP contribution in [0.15, 0.2) is 52.4 Å². The Labute approximate surface area is 162 Å². The van der Waals surface area contributed by atoms with Gasteiger partial charge in [0.15, 0.2) is 5.16 Å². The molecule has 0 unspecified atom stereocenters. The monoisotopic (exact) mass is 381 g/mol. The molecule has 0 aliphatic heterocycles. The molecule has 0 saturated carbocycles. The SMILES string of the molecule is CCCn1c(SCC(=O)Nc2c(C)cccc2C)nc2ccccc2c1=O. The van der Waals surface area contributed by atoms with Crippen LogP contribution in [-0.2, 0) is 11.3 Å². The van der Waals surface area contributed by atoms with E-state index < -0.39 is 0 Å². The van der Waals surface area contributed by atoms with Crippen molar-refractivity contribution in [1.82, 2.24) is 9.55 Å². The number of carbonyl (C=O) groups is 1. The minimum Gasteiger partial charge on any atom is -0.325 e. The third-order valence-corrected chi connectivity index (χ3v) is 5.33. The van der Waals surface area contributed by atoms with E-state index in [1.54, 1.807) is 10.6 Å². The van der Waals surface area contributed by atoms with E-state index in [-0.39, 0.29) is 17.2 Å². The smallest absolute Gasteiger partial charge is 0.262 e. The van der Waals surface area contributed by atoms with Gasteiger partial charge < -0.3 is 5.32 Å². The average molecular weight is 382 g/mol. The standard InChI is InChI=1S/C21H23N3O2S/c1-4-12-24-20(26)16-10-5-6-11-17(16)22-21(24)27-13-18(25)23-19-14(2)8-7-9-15(19)3/h5-11H,4,12-13H2,1-3H3,(H,23,25). The Morgan fingerprint density at radius 2 is 1.81 bits per heavy atom. The third kappa shape index (κ3) is 4.22. The summed E-state index contributed by atoms with van der Waals surface area (Å²) in [4.78, 5) is 29.8. The highest BCUT2D eigenvalue weighted by Gasteiger charge is 2.13. The summed E-state index contributed by atoms with van der Waals surface area (Å²) in [5, 5.41) is 4.16. The first-order valence-corrected chi connectivity index (χ1v) is 9.98. The van der Waals surface area contributed by atoms with E-state index in [9.17, 15) is 9.59 Å². The van der Waals surface area contributed by atoms with Crippen LogP contribution in [0.5, 0.6) is 0 Å². The zero-order valence-corrected chi connectivity index (χ0v) is 16.6. The Morgan fingerprint density at radius 1 is 1.11 bits per heavy atom. The van der Waals surface area contributed by atoms with Crippen molar-refractivity contribution in [2.75, 3.05) is 11.1 Å². The van der Waals surface area contributed by atoms with Gasteiger partial charge in [0.1, 0.15) is 0 Å². The average Bonchev–Trinajstić information content (AvgIpc) is 2.66. The fraction of sp³-hybridized carbons (Fsp3) is 0.286. The number of aryl methyl sites for hydroxylation is 2. The van der Waals surface area contributed by atoms with Crippen LogP contribution in [0.2, 0.25) is 0 Å². The van der Waals surface area contributed by atoms with Gasteiger partial charge >= 0.3 is 0 Å². The summed E-state index contributed by atoms with van der Waals surface area (Å²) < 4.78 is 1.67. The maximum atomic E-state index is 12.8. The predicted octanol–water partition coefficient (Wildman–Crippen LogP) is 4.15. The maximum absolute atomic E-state index is 12.8. The van der Waals surface area contributed by atoms with Gasteiger partial charge in [-0.1, -0.05) is 49.0 Å². The van der Waals surface area contributed by atoms with E-state index in [1.807, 2.05) is 57.2 Å². The summed E-state index contributed by atoms with van der Waals surface area (Å²) in [5.74, 6) is 0.0882. The Bertz CT molecular complexity index is 1020.